The maximum absolute atomic E-state index is 4.21. The van der Waals surface area contributed by atoms with E-state index >= 15 is 0 Å². The Hall–Kier alpha value is 1.91. The Morgan fingerprint density at radius 3 is 1.25 bits per heavy atom. The van der Waals surface area contributed by atoms with Crippen LogP contribution in [0.1, 0.15) is 0 Å². The molecule has 0 aliphatic carbocycles. The Morgan fingerprint density at radius 2 is 1.25 bits per heavy atom. The minimum absolute atomic E-state index is 0. The van der Waals surface area contributed by atoms with Gasteiger partial charge in [-0.05, 0) is 0 Å². The Morgan fingerprint density at radius 1 is 1.25 bits per heavy atom. The Balaban J connectivity index is -0.00000000500. The van der Waals surface area contributed by atoms with E-state index < -0.39 is 0 Å². The zero-order valence-electron chi connectivity index (χ0n) is 1.42. The van der Waals surface area contributed by atoms with Gasteiger partial charge in [-0.2, -0.15) is 0 Å². The van der Waals surface area contributed by atoms with E-state index in [9.17, 15) is 0 Å². The normalized spacial score (nSPS) is 0.750. The van der Waals surface area contributed by atoms with Gasteiger partial charge in [0.25, 0.3) is 0 Å². The molecule has 0 N–H and O–H groups in total. The van der Waals surface area contributed by atoms with Gasteiger partial charge in [0, 0.05) is 17.1 Å². The average Bonchev–Trinajstić information content (AvgIpc) is 1.00. The molecular weight excluding hydrogens is 192 g/mol. The van der Waals surface area contributed by atoms with Crippen molar-refractivity contribution in [1.82, 2.24) is 0 Å². The fourth-order valence-corrected chi connectivity index (χ4v) is 0. The van der Waals surface area contributed by atoms with Crippen molar-refractivity contribution in [2.75, 3.05) is 0 Å². The van der Waals surface area contributed by atoms with Crippen molar-refractivity contribution in [2.45, 2.75) is 0 Å². The molecule has 4 heteroatoms. The first-order valence-corrected chi connectivity index (χ1v) is 4.50. The maximum atomic E-state index is 4.21. The van der Waals surface area contributed by atoms with E-state index in [4.69, 9.17) is 0 Å². The van der Waals surface area contributed by atoms with Gasteiger partial charge in [-0.3, -0.25) is 0 Å². The minimum atomic E-state index is 0. The molecule has 27 valence electrons. The average molecular weight is 196 g/mol. The van der Waals surface area contributed by atoms with Crippen molar-refractivity contribution in [1.29, 1.82) is 0 Å². The van der Waals surface area contributed by atoms with Crippen LogP contribution in [-0.2, 0) is 17.1 Å². The molecule has 0 saturated carbocycles. The summed E-state index contributed by atoms with van der Waals surface area (Å²) in [5.41, 5.74) is 0. The van der Waals surface area contributed by atoms with Crippen molar-refractivity contribution < 1.29 is 17.1 Å². The van der Waals surface area contributed by atoms with Crippen LogP contribution in [0.15, 0.2) is 0 Å². The summed E-state index contributed by atoms with van der Waals surface area (Å²) in [6.07, 6.45) is 0. The van der Waals surface area contributed by atoms with Crippen molar-refractivity contribution in [3.8, 4) is 0 Å². The monoisotopic (exact) mass is 195 g/mol. The molecule has 0 aromatic carbocycles. The van der Waals surface area contributed by atoms with E-state index in [1.54, 1.807) is 0 Å². The summed E-state index contributed by atoms with van der Waals surface area (Å²) in [6, 6.07) is 0. The SMILES string of the molecule is [AlH3].[Cu].[S]=[GaH]. The first kappa shape index (κ1) is 16.8. The Kier molecular flexibility index (Phi) is 86.6. The van der Waals surface area contributed by atoms with Crippen LogP contribution >= 0.6 is 10.1 Å². The van der Waals surface area contributed by atoms with Gasteiger partial charge in [-0.25, -0.2) is 0 Å². The number of hydrogen-bond acceptors (Lipinski definition) is 1. The van der Waals surface area contributed by atoms with Crippen molar-refractivity contribution in [2.24, 2.45) is 0 Å². The van der Waals surface area contributed by atoms with Gasteiger partial charge >= 0.3 is 26.9 Å². The summed E-state index contributed by atoms with van der Waals surface area (Å²) in [6.45, 7) is 0. The molecule has 1 radical (unpaired) electrons. The van der Waals surface area contributed by atoms with Gasteiger partial charge in [0.2, 0.25) is 0 Å². The van der Waals surface area contributed by atoms with Crippen LogP contribution in [-0.4, -0.2) is 34.2 Å². The standard InChI is InChI=1S/Al.Cu.Ga.S.4H. The zero-order chi connectivity index (χ0) is 2.00. The molecule has 0 rings (SSSR count). The number of rotatable bonds is 0. The molecule has 0 aromatic rings. The molecule has 0 heterocycles. The first-order chi connectivity index (χ1) is 1.00. The van der Waals surface area contributed by atoms with E-state index in [2.05, 4.69) is 10.1 Å². The summed E-state index contributed by atoms with van der Waals surface area (Å²) in [4.78, 5) is 0. The van der Waals surface area contributed by atoms with Gasteiger partial charge in [0.1, 0.15) is 0 Å². The summed E-state index contributed by atoms with van der Waals surface area (Å²) in [7, 11) is 4.21. The predicted molar refractivity (Wildman–Crippen MR) is 24.7 cm³/mol. The second-order valence-electron chi connectivity index (χ2n) is 0. The van der Waals surface area contributed by atoms with Crippen LogP contribution in [0, 0.1) is 0 Å². The topological polar surface area (TPSA) is 0 Å². The van der Waals surface area contributed by atoms with E-state index in [1.807, 2.05) is 0 Å². The summed E-state index contributed by atoms with van der Waals surface area (Å²) >= 11 is 0.958. The molecule has 0 atom stereocenters. The van der Waals surface area contributed by atoms with E-state index in [0.29, 0.717) is 0 Å². The van der Waals surface area contributed by atoms with Gasteiger partial charge in [-0.1, -0.05) is 0 Å². The van der Waals surface area contributed by atoms with Gasteiger partial charge in [0.05, 0.1) is 0 Å². The molecule has 0 aliphatic rings. The van der Waals surface area contributed by atoms with Crippen molar-refractivity contribution in [3.05, 3.63) is 0 Å². The van der Waals surface area contributed by atoms with Crippen LogP contribution in [0.25, 0.3) is 0 Å². The molecule has 4 heavy (non-hydrogen) atoms. The Bertz CT molecular complexity index is 8.00. The molecule has 0 aliphatic heterocycles. The third kappa shape index (κ3) is 9.08. The van der Waals surface area contributed by atoms with E-state index in [0.717, 1.165) is 16.8 Å². The molecule has 0 spiro atoms. The summed E-state index contributed by atoms with van der Waals surface area (Å²) in [5, 5.41) is 0. The second kappa shape index (κ2) is 20.6. The fourth-order valence-electron chi connectivity index (χ4n) is 0. The molecule has 0 fully saturated rings. The predicted octanol–water partition coefficient (Wildman–Crippen LogP) is -1.19. The zero-order valence-corrected chi connectivity index (χ0v) is 6.14. The third-order valence-electron chi connectivity index (χ3n) is 0. The quantitative estimate of drug-likeness (QED) is 0.439. The molecule has 0 unspecified atom stereocenters. The molecule has 0 bridgehead atoms. The Labute approximate surface area is 60.8 Å². The first-order valence-electron chi connectivity index (χ1n) is 0.289. The molecule has 0 saturated heterocycles. The van der Waals surface area contributed by atoms with E-state index in [1.165, 1.54) is 0 Å². The van der Waals surface area contributed by atoms with Gasteiger partial charge < -0.3 is 0 Å². The van der Waals surface area contributed by atoms with Crippen LogP contribution in [0.5, 0.6) is 0 Å². The van der Waals surface area contributed by atoms with Crippen LogP contribution < -0.4 is 0 Å². The fraction of sp³-hybridized carbons (Fsp3) is 0. The van der Waals surface area contributed by atoms with Crippen molar-refractivity contribution >= 4 is 44.3 Å². The van der Waals surface area contributed by atoms with Crippen molar-refractivity contribution in [3.63, 3.8) is 0 Å². The summed E-state index contributed by atoms with van der Waals surface area (Å²) in [5.74, 6) is 0. The van der Waals surface area contributed by atoms with Crippen LogP contribution in [0.3, 0.4) is 0 Å². The van der Waals surface area contributed by atoms with Gasteiger partial charge in [-0.15, -0.1) is 0 Å². The number of hydrogen-bond donors (Lipinski definition) is 0. The summed E-state index contributed by atoms with van der Waals surface area (Å²) < 4.78 is 0. The second-order valence-corrected chi connectivity index (χ2v) is 0. The molecular formula is H4AlCuGaS. The van der Waals surface area contributed by atoms with E-state index in [-0.39, 0.29) is 34.4 Å². The van der Waals surface area contributed by atoms with Gasteiger partial charge in [0.15, 0.2) is 17.4 Å². The molecule has 0 nitrogen and oxygen atoms in total. The third-order valence-corrected chi connectivity index (χ3v) is 0. The van der Waals surface area contributed by atoms with Crippen LogP contribution in [0.4, 0.5) is 0 Å². The molecule has 0 amide bonds. The van der Waals surface area contributed by atoms with Crippen LogP contribution in [0.2, 0.25) is 0 Å². The molecule has 0 aromatic heterocycles.